The Morgan fingerprint density at radius 3 is 2.44 bits per heavy atom. The van der Waals surface area contributed by atoms with Crippen LogP contribution in [0.4, 0.5) is 11.4 Å². The molecule has 9 heteroatoms. The van der Waals surface area contributed by atoms with Gasteiger partial charge in [0.05, 0.1) is 23.2 Å². The molecule has 3 aliphatic heterocycles. The van der Waals surface area contributed by atoms with Crippen LogP contribution in [0.3, 0.4) is 0 Å². The maximum absolute atomic E-state index is 14.1. The van der Waals surface area contributed by atoms with Crippen LogP contribution in [0, 0.1) is 11.8 Å². The molecule has 1 aromatic carbocycles. The molecule has 1 spiro atoms. The van der Waals surface area contributed by atoms with Crippen LogP contribution in [0.2, 0.25) is 0 Å². The van der Waals surface area contributed by atoms with Crippen molar-refractivity contribution < 1.29 is 24.6 Å². The van der Waals surface area contributed by atoms with Gasteiger partial charge in [-0.1, -0.05) is 6.08 Å². The number of amides is 2. The van der Waals surface area contributed by atoms with Crippen LogP contribution in [0.15, 0.2) is 36.9 Å². The van der Waals surface area contributed by atoms with Crippen molar-refractivity contribution in [2.24, 2.45) is 11.8 Å². The van der Waals surface area contributed by atoms with Gasteiger partial charge in [0.15, 0.2) is 0 Å². The molecule has 184 valence electrons. The number of fused-ring (bicyclic) bond motifs is 1. The van der Waals surface area contributed by atoms with Gasteiger partial charge in [-0.2, -0.15) is 0 Å². The second-order valence-corrected chi connectivity index (χ2v) is 10.7. The highest BCUT2D eigenvalue weighted by Crippen LogP contribution is 2.66. The molecule has 4 rings (SSSR count). The lowest BCUT2D eigenvalue weighted by Gasteiger charge is -2.37. The molecule has 0 aromatic heterocycles. The molecule has 3 aliphatic rings. The fraction of sp³-hybridized carbons (Fsp3) is 0.560. The fourth-order valence-electron chi connectivity index (χ4n) is 6.09. The molecule has 0 saturated carbocycles. The van der Waals surface area contributed by atoms with Crippen molar-refractivity contribution in [1.82, 2.24) is 4.90 Å². The highest BCUT2D eigenvalue weighted by Gasteiger charge is 2.74. The summed E-state index contributed by atoms with van der Waals surface area (Å²) >= 11 is 1.49. The molecular weight excluding hydrogens is 454 g/mol. The van der Waals surface area contributed by atoms with E-state index >= 15 is 0 Å². The minimum Gasteiger partial charge on any atom is -0.481 e. The van der Waals surface area contributed by atoms with E-state index in [0.29, 0.717) is 18.5 Å². The number of hydrogen-bond donors (Lipinski definition) is 2. The number of carboxylic acid groups (broad SMARTS) is 1. The van der Waals surface area contributed by atoms with Crippen molar-refractivity contribution in [2.75, 3.05) is 42.6 Å². The van der Waals surface area contributed by atoms with E-state index in [1.54, 1.807) is 11.0 Å². The third kappa shape index (κ3) is 3.69. The molecule has 8 nitrogen and oxygen atoms in total. The number of hydrogen-bond acceptors (Lipinski definition) is 6. The number of thioether (sulfide) groups is 1. The van der Waals surface area contributed by atoms with E-state index in [9.17, 15) is 24.6 Å². The Labute approximate surface area is 204 Å². The van der Waals surface area contributed by atoms with Gasteiger partial charge in [-0.25, -0.2) is 0 Å². The second-order valence-electron chi connectivity index (χ2n) is 9.08. The standard InChI is InChI=1S/C25H33N3O5S/c1-4-13-27(17-9-7-16(8-10-17)26(5-2)6-3)23(31)21-25-12-11-18(34-25)19(24(32)33)20(25)22(30)28(21)14-15-29/h4,7-10,18-21,29H,1,5-6,11-15H2,2-3H3,(H,32,33)/t18-,19+,20+,21?,25?/m1/s1. The number of carbonyl (C=O) groups is 3. The van der Waals surface area contributed by atoms with Gasteiger partial charge in [-0.15, -0.1) is 18.3 Å². The van der Waals surface area contributed by atoms with Gasteiger partial charge >= 0.3 is 5.97 Å². The normalized spacial score (nSPS) is 29.3. The lowest BCUT2D eigenvalue weighted by Crippen LogP contribution is -2.55. The number of benzene rings is 1. The average Bonchev–Trinajstić information content (AvgIpc) is 3.46. The first-order valence-corrected chi connectivity index (χ1v) is 12.8. The predicted molar refractivity (Wildman–Crippen MR) is 133 cm³/mol. The van der Waals surface area contributed by atoms with Crippen LogP contribution in [0.1, 0.15) is 26.7 Å². The maximum Gasteiger partial charge on any atom is 0.308 e. The van der Waals surface area contributed by atoms with Gasteiger partial charge < -0.3 is 24.9 Å². The van der Waals surface area contributed by atoms with Gasteiger partial charge in [0, 0.05) is 42.8 Å². The number of likely N-dealkylation sites (tertiary alicyclic amines) is 1. The van der Waals surface area contributed by atoms with Gasteiger partial charge in [0.25, 0.3) is 5.91 Å². The number of carboxylic acids is 1. The van der Waals surface area contributed by atoms with Crippen LogP contribution >= 0.6 is 11.8 Å². The Hall–Kier alpha value is -2.52. The van der Waals surface area contributed by atoms with Crippen LogP contribution in [0.5, 0.6) is 0 Å². The number of aliphatic hydroxyl groups is 1. The number of carbonyl (C=O) groups excluding carboxylic acids is 2. The van der Waals surface area contributed by atoms with Gasteiger partial charge in [0.2, 0.25) is 5.91 Å². The molecular formula is C25H33N3O5S. The molecule has 1 aromatic rings. The molecule has 2 bridgehead atoms. The molecule has 0 aliphatic carbocycles. The Balaban J connectivity index is 1.71. The van der Waals surface area contributed by atoms with E-state index in [4.69, 9.17) is 0 Å². The van der Waals surface area contributed by atoms with Crippen LogP contribution in [-0.4, -0.2) is 81.7 Å². The highest BCUT2D eigenvalue weighted by molar-refractivity contribution is 8.02. The van der Waals surface area contributed by atoms with Crippen LogP contribution in [0.25, 0.3) is 0 Å². The third-order valence-electron chi connectivity index (χ3n) is 7.53. The first kappa shape index (κ1) is 24.6. The molecule has 3 heterocycles. The summed E-state index contributed by atoms with van der Waals surface area (Å²) in [6.07, 6.45) is 2.93. The lowest BCUT2D eigenvalue weighted by molar-refractivity contribution is -0.148. The number of aliphatic hydroxyl groups excluding tert-OH is 1. The molecule has 3 saturated heterocycles. The summed E-state index contributed by atoms with van der Waals surface area (Å²) in [4.78, 5) is 44.9. The Morgan fingerprint density at radius 2 is 1.88 bits per heavy atom. The van der Waals surface area contributed by atoms with Crippen molar-refractivity contribution in [2.45, 2.75) is 42.7 Å². The Kier molecular flexibility index (Phi) is 6.96. The first-order chi connectivity index (χ1) is 16.3. The molecule has 2 N–H and O–H groups in total. The zero-order chi connectivity index (χ0) is 24.6. The number of β-amino-alcohol motifs (C(OH)–C–C–N with tert-alkyl or cyclic N) is 1. The van der Waals surface area contributed by atoms with E-state index in [1.165, 1.54) is 16.7 Å². The van der Waals surface area contributed by atoms with E-state index in [2.05, 4.69) is 25.3 Å². The number of aliphatic carboxylic acids is 1. The summed E-state index contributed by atoms with van der Waals surface area (Å²) in [6, 6.07) is 6.94. The summed E-state index contributed by atoms with van der Waals surface area (Å²) in [5, 5.41) is 19.4. The Morgan fingerprint density at radius 1 is 1.24 bits per heavy atom. The minimum absolute atomic E-state index is 0.00782. The van der Waals surface area contributed by atoms with E-state index in [1.807, 2.05) is 24.3 Å². The minimum atomic E-state index is -0.982. The van der Waals surface area contributed by atoms with Crippen LogP contribution < -0.4 is 9.80 Å². The summed E-state index contributed by atoms with van der Waals surface area (Å²) in [5.74, 6) is -3.11. The molecule has 0 radical (unpaired) electrons. The smallest absolute Gasteiger partial charge is 0.308 e. The molecule has 2 unspecified atom stereocenters. The zero-order valence-corrected chi connectivity index (χ0v) is 20.5. The van der Waals surface area contributed by atoms with Crippen molar-refractivity contribution in [1.29, 1.82) is 0 Å². The lowest BCUT2D eigenvalue weighted by atomic mass is 9.71. The van der Waals surface area contributed by atoms with E-state index in [-0.39, 0.29) is 36.8 Å². The molecule has 34 heavy (non-hydrogen) atoms. The van der Waals surface area contributed by atoms with Gasteiger partial charge in [0.1, 0.15) is 6.04 Å². The fourth-order valence-corrected chi connectivity index (χ4v) is 8.30. The monoisotopic (exact) mass is 487 g/mol. The molecule has 3 fully saturated rings. The Bertz CT molecular complexity index is 966. The van der Waals surface area contributed by atoms with Crippen LogP contribution in [-0.2, 0) is 14.4 Å². The van der Waals surface area contributed by atoms with Crippen molar-refractivity contribution >= 4 is 40.9 Å². The van der Waals surface area contributed by atoms with E-state index in [0.717, 1.165) is 18.8 Å². The predicted octanol–water partition coefficient (Wildman–Crippen LogP) is 2.22. The summed E-state index contributed by atoms with van der Waals surface area (Å²) in [6.45, 7) is 9.73. The third-order valence-corrected chi connectivity index (χ3v) is 9.48. The van der Waals surface area contributed by atoms with E-state index < -0.39 is 28.6 Å². The largest absolute Gasteiger partial charge is 0.481 e. The summed E-state index contributed by atoms with van der Waals surface area (Å²) in [7, 11) is 0. The highest BCUT2D eigenvalue weighted by atomic mass is 32.2. The maximum atomic E-state index is 14.1. The average molecular weight is 488 g/mol. The number of nitrogens with zero attached hydrogens (tertiary/aromatic N) is 3. The second kappa shape index (κ2) is 9.62. The quantitative estimate of drug-likeness (QED) is 0.488. The van der Waals surface area contributed by atoms with Crippen molar-refractivity contribution in [3.05, 3.63) is 36.9 Å². The SMILES string of the molecule is C=CCN(C(=O)C1N(CCO)C(=O)[C@@H]2[C@@H](C(=O)O)[C@H]3CCC12S3)c1ccc(N(CC)CC)cc1. The first-order valence-electron chi connectivity index (χ1n) is 11.9. The zero-order valence-electron chi connectivity index (χ0n) is 19.7. The van der Waals surface area contributed by atoms with Crippen molar-refractivity contribution in [3.63, 3.8) is 0 Å². The molecule has 5 atom stereocenters. The molecule has 2 amide bonds. The number of anilines is 2. The van der Waals surface area contributed by atoms with Gasteiger partial charge in [-0.05, 0) is 51.0 Å². The van der Waals surface area contributed by atoms with Crippen molar-refractivity contribution in [3.8, 4) is 0 Å². The number of rotatable bonds is 10. The summed E-state index contributed by atoms with van der Waals surface area (Å²) < 4.78 is -0.780. The summed E-state index contributed by atoms with van der Waals surface area (Å²) in [5.41, 5.74) is 1.76. The van der Waals surface area contributed by atoms with Gasteiger partial charge in [-0.3, -0.25) is 14.4 Å². The topological polar surface area (TPSA) is 101 Å².